The summed E-state index contributed by atoms with van der Waals surface area (Å²) in [5, 5.41) is 0. The summed E-state index contributed by atoms with van der Waals surface area (Å²) in [6.45, 7) is 8.45. The van der Waals surface area contributed by atoms with Gasteiger partial charge in [-0.15, -0.1) is 0 Å². The average molecular weight is 389 g/mol. The van der Waals surface area contributed by atoms with Crippen molar-refractivity contribution in [3.05, 3.63) is 70.2 Å². The Balaban J connectivity index is 2.35. The second-order valence-corrected chi connectivity index (χ2v) is 7.45. The Morgan fingerprint density at radius 2 is 1.54 bits per heavy atom. The van der Waals surface area contributed by atoms with Crippen LogP contribution in [-0.4, -0.2) is 11.6 Å². The minimum absolute atomic E-state index is 0.256. The molecule has 0 amide bonds. The summed E-state index contributed by atoms with van der Waals surface area (Å²) in [7, 11) is 0. The summed E-state index contributed by atoms with van der Waals surface area (Å²) < 4.78 is 7.01. The van der Waals surface area contributed by atoms with Gasteiger partial charge in [-0.1, -0.05) is 67.0 Å². The number of ether oxygens (including phenoxy) is 1. The number of benzene rings is 2. The van der Waals surface area contributed by atoms with Crippen molar-refractivity contribution in [2.75, 3.05) is 0 Å². The van der Waals surface area contributed by atoms with E-state index in [0.29, 0.717) is 5.56 Å². The highest BCUT2D eigenvalue weighted by molar-refractivity contribution is 9.10. The largest absolute Gasteiger partial charge is 0.455 e. The quantitative estimate of drug-likeness (QED) is 0.555. The first kappa shape index (κ1) is 18.7. The molecular formula is C21H25BrO2. The molecule has 0 fully saturated rings. The lowest BCUT2D eigenvalue weighted by molar-refractivity contribution is -0.0540. The van der Waals surface area contributed by atoms with Crippen LogP contribution in [-0.2, 0) is 10.2 Å². The molecule has 2 aromatic carbocycles. The molecule has 128 valence electrons. The van der Waals surface area contributed by atoms with Crippen LogP contribution in [0.25, 0.3) is 0 Å². The molecule has 0 aliphatic rings. The summed E-state index contributed by atoms with van der Waals surface area (Å²) in [6.07, 6.45) is 1.63. The third-order valence-electron chi connectivity index (χ3n) is 5.36. The topological polar surface area (TPSA) is 26.3 Å². The highest BCUT2D eigenvalue weighted by atomic mass is 79.9. The maximum absolute atomic E-state index is 12.7. The molecule has 0 saturated carbocycles. The van der Waals surface area contributed by atoms with Crippen LogP contribution in [0.5, 0.6) is 0 Å². The molecule has 0 bridgehead atoms. The normalized spacial score (nSPS) is 16.0. The van der Waals surface area contributed by atoms with Crippen molar-refractivity contribution in [2.45, 2.75) is 51.6 Å². The smallest absolute Gasteiger partial charge is 0.338 e. The fourth-order valence-electron chi connectivity index (χ4n) is 3.11. The molecule has 24 heavy (non-hydrogen) atoms. The van der Waals surface area contributed by atoms with Crippen molar-refractivity contribution in [1.82, 2.24) is 0 Å². The predicted molar refractivity (Wildman–Crippen MR) is 102 cm³/mol. The minimum Gasteiger partial charge on any atom is -0.455 e. The summed E-state index contributed by atoms with van der Waals surface area (Å²) in [5.74, 6) is -0.276. The first-order chi connectivity index (χ1) is 11.4. The maximum atomic E-state index is 12.7. The van der Waals surface area contributed by atoms with Gasteiger partial charge in [0.25, 0.3) is 0 Å². The van der Waals surface area contributed by atoms with E-state index in [9.17, 15) is 4.79 Å². The SMILES string of the molecule is CC[C@@](C)(OC(=O)c1ccc(Br)cc1)[C@](C)(CC)c1ccccc1. The summed E-state index contributed by atoms with van der Waals surface area (Å²) in [4.78, 5) is 12.7. The average Bonchev–Trinajstić information content (AvgIpc) is 2.62. The lowest BCUT2D eigenvalue weighted by atomic mass is 9.66. The molecule has 2 atom stereocenters. The molecule has 0 aromatic heterocycles. The van der Waals surface area contributed by atoms with Gasteiger partial charge in [0.2, 0.25) is 0 Å². The van der Waals surface area contributed by atoms with Gasteiger partial charge in [0.15, 0.2) is 0 Å². The monoisotopic (exact) mass is 388 g/mol. The molecule has 0 unspecified atom stereocenters. The van der Waals surface area contributed by atoms with Crippen molar-refractivity contribution < 1.29 is 9.53 Å². The van der Waals surface area contributed by atoms with Crippen LogP contribution in [0.2, 0.25) is 0 Å². The van der Waals surface area contributed by atoms with Crippen LogP contribution >= 0.6 is 15.9 Å². The number of hydrogen-bond donors (Lipinski definition) is 0. The molecule has 0 spiro atoms. The molecule has 2 nitrogen and oxygen atoms in total. The number of esters is 1. The van der Waals surface area contributed by atoms with Crippen LogP contribution in [0.1, 0.15) is 56.5 Å². The Hall–Kier alpha value is -1.61. The van der Waals surface area contributed by atoms with Gasteiger partial charge in [0.1, 0.15) is 5.60 Å². The van der Waals surface area contributed by atoms with E-state index in [1.807, 2.05) is 37.3 Å². The second-order valence-electron chi connectivity index (χ2n) is 6.53. The molecule has 0 aliphatic carbocycles. The minimum atomic E-state index is -0.590. The summed E-state index contributed by atoms with van der Waals surface area (Å²) in [5.41, 5.74) is 0.922. The molecule has 0 aliphatic heterocycles. The van der Waals surface area contributed by atoms with Gasteiger partial charge in [-0.05, 0) is 49.6 Å². The number of hydrogen-bond acceptors (Lipinski definition) is 2. The van der Waals surface area contributed by atoms with E-state index in [1.165, 1.54) is 5.56 Å². The first-order valence-electron chi connectivity index (χ1n) is 8.40. The zero-order valence-corrected chi connectivity index (χ0v) is 16.4. The van der Waals surface area contributed by atoms with Crippen molar-refractivity contribution in [3.63, 3.8) is 0 Å². The maximum Gasteiger partial charge on any atom is 0.338 e. The standard InChI is InChI=1S/C21H25BrO2/c1-5-20(3,17-10-8-7-9-11-17)21(4,6-2)24-19(23)16-12-14-18(22)15-13-16/h7-15H,5-6H2,1-4H3/t20-,21-/m1/s1. The van der Waals surface area contributed by atoms with E-state index in [-0.39, 0.29) is 11.4 Å². The molecular weight excluding hydrogens is 364 g/mol. The van der Waals surface area contributed by atoms with E-state index < -0.39 is 5.60 Å². The van der Waals surface area contributed by atoms with Gasteiger partial charge in [-0.2, -0.15) is 0 Å². The van der Waals surface area contributed by atoms with Gasteiger partial charge < -0.3 is 4.74 Å². The number of carbonyl (C=O) groups excluding carboxylic acids is 1. The third-order valence-corrected chi connectivity index (χ3v) is 5.89. The van der Waals surface area contributed by atoms with Crippen LogP contribution < -0.4 is 0 Å². The molecule has 0 saturated heterocycles. The second kappa shape index (κ2) is 7.52. The van der Waals surface area contributed by atoms with E-state index in [4.69, 9.17) is 4.74 Å². The molecule has 0 N–H and O–H groups in total. The number of rotatable bonds is 6. The van der Waals surface area contributed by atoms with Crippen molar-refractivity contribution >= 4 is 21.9 Å². The van der Waals surface area contributed by atoms with E-state index in [1.54, 1.807) is 12.1 Å². The lowest BCUT2D eigenvalue weighted by Gasteiger charge is -2.45. The predicted octanol–water partition coefficient (Wildman–Crippen LogP) is 6.14. The zero-order valence-electron chi connectivity index (χ0n) is 14.8. The highest BCUT2D eigenvalue weighted by Gasteiger charge is 2.46. The van der Waals surface area contributed by atoms with Crippen LogP contribution in [0, 0.1) is 0 Å². The Morgan fingerprint density at radius 3 is 2.04 bits per heavy atom. The molecule has 3 heteroatoms. The number of carbonyl (C=O) groups is 1. The van der Waals surface area contributed by atoms with Gasteiger partial charge >= 0.3 is 5.97 Å². The molecule has 2 rings (SSSR count). The first-order valence-corrected chi connectivity index (χ1v) is 9.20. The van der Waals surface area contributed by atoms with E-state index in [2.05, 4.69) is 48.8 Å². The molecule has 0 radical (unpaired) electrons. The summed E-state index contributed by atoms with van der Waals surface area (Å²) >= 11 is 3.39. The zero-order chi connectivity index (χ0) is 17.8. The van der Waals surface area contributed by atoms with Crippen LogP contribution in [0.3, 0.4) is 0 Å². The molecule has 2 aromatic rings. The lowest BCUT2D eigenvalue weighted by Crippen LogP contribution is -2.50. The molecule has 0 heterocycles. The van der Waals surface area contributed by atoms with Crippen molar-refractivity contribution in [2.24, 2.45) is 0 Å². The van der Waals surface area contributed by atoms with Gasteiger partial charge in [0.05, 0.1) is 5.56 Å². The third kappa shape index (κ3) is 3.56. The summed E-state index contributed by atoms with van der Waals surface area (Å²) in [6, 6.07) is 17.6. The van der Waals surface area contributed by atoms with E-state index in [0.717, 1.165) is 17.3 Å². The highest BCUT2D eigenvalue weighted by Crippen LogP contribution is 2.43. The van der Waals surface area contributed by atoms with E-state index >= 15 is 0 Å². The fraction of sp³-hybridized carbons (Fsp3) is 0.381. The van der Waals surface area contributed by atoms with Gasteiger partial charge in [0, 0.05) is 9.89 Å². The number of halogens is 1. The Kier molecular flexibility index (Phi) is 5.87. The van der Waals surface area contributed by atoms with Crippen molar-refractivity contribution in [3.8, 4) is 0 Å². The van der Waals surface area contributed by atoms with Crippen LogP contribution in [0.15, 0.2) is 59.1 Å². The van der Waals surface area contributed by atoms with Crippen molar-refractivity contribution in [1.29, 1.82) is 0 Å². The Labute approximate surface area is 153 Å². The van der Waals surface area contributed by atoms with Gasteiger partial charge in [-0.25, -0.2) is 4.79 Å². The van der Waals surface area contributed by atoms with Crippen LogP contribution in [0.4, 0.5) is 0 Å². The Bertz CT molecular complexity index is 681. The van der Waals surface area contributed by atoms with Gasteiger partial charge in [-0.3, -0.25) is 0 Å². The fourth-order valence-corrected chi connectivity index (χ4v) is 3.38. The Morgan fingerprint density at radius 1 is 0.958 bits per heavy atom.